The molecule has 0 aliphatic heterocycles. The lowest BCUT2D eigenvalue weighted by molar-refractivity contribution is 0.0696. The quantitative estimate of drug-likeness (QED) is 0.882. The number of carboxylic acids is 1. The minimum Gasteiger partial charge on any atom is -0.478 e. The minimum absolute atomic E-state index is 0.295. The molecular weight excluding hydrogens is 218 g/mol. The van der Waals surface area contributed by atoms with E-state index in [9.17, 15) is 4.79 Å². The zero-order valence-electron chi connectivity index (χ0n) is 9.73. The van der Waals surface area contributed by atoms with E-state index in [0.29, 0.717) is 17.1 Å². The molecule has 0 atom stereocenters. The van der Waals surface area contributed by atoms with Crippen molar-refractivity contribution >= 4 is 5.97 Å². The van der Waals surface area contributed by atoms with Crippen molar-refractivity contribution < 1.29 is 14.3 Å². The fraction of sp³-hybridized carbons (Fsp3) is 0.231. The summed E-state index contributed by atoms with van der Waals surface area (Å²) in [6.07, 6.45) is 2.27. The zero-order valence-corrected chi connectivity index (χ0v) is 9.73. The first-order valence-corrected chi connectivity index (χ1v) is 5.40. The molecule has 0 unspecified atom stereocenters. The summed E-state index contributed by atoms with van der Waals surface area (Å²) in [5, 5.41) is 9.04. The summed E-state index contributed by atoms with van der Waals surface area (Å²) in [5.74, 6) is -0.277. The third-order valence-electron chi connectivity index (χ3n) is 2.62. The first-order chi connectivity index (χ1) is 8.11. The third kappa shape index (κ3) is 2.20. The van der Waals surface area contributed by atoms with Crippen LogP contribution in [-0.4, -0.2) is 16.1 Å². The summed E-state index contributed by atoms with van der Waals surface area (Å²) in [5.41, 5.74) is 2.46. The standard InChI is InChI=1S/C13H13NO3/c1-3-12-14-11(7-17-12)9-5-4-8(2)10(6-9)13(15)16/h4-7H,3H2,1-2H3,(H,15,16). The number of hydrogen-bond donors (Lipinski definition) is 1. The maximum Gasteiger partial charge on any atom is 0.335 e. The summed E-state index contributed by atoms with van der Waals surface area (Å²) < 4.78 is 5.24. The Hall–Kier alpha value is -2.10. The molecular formula is C13H13NO3. The van der Waals surface area contributed by atoms with E-state index in [0.717, 1.165) is 17.5 Å². The highest BCUT2D eigenvalue weighted by molar-refractivity contribution is 5.90. The SMILES string of the molecule is CCc1nc(-c2ccc(C)c(C(=O)O)c2)co1. The molecule has 0 amide bonds. The average Bonchev–Trinajstić information content (AvgIpc) is 2.78. The minimum atomic E-state index is -0.927. The lowest BCUT2D eigenvalue weighted by atomic mass is 10.0. The van der Waals surface area contributed by atoms with Crippen molar-refractivity contribution in [2.75, 3.05) is 0 Å². The molecule has 0 fully saturated rings. The van der Waals surface area contributed by atoms with Gasteiger partial charge in [0.2, 0.25) is 0 Å². The van der Waals surface area contributed by atoms with Crippen LogP contribution in [0.15, 0.2) is 28.9 Å². The lowest BCUT2D eigenvalue weighted by Crippen LogP contribution is -1.99. The number of oxazole rings is 1. The van der Waals surface area contributed by atoms with Crippen molar-refractivity contribution in [1.82, 2.24) is 4.98 Å². The van der Waals surface area contributed by atoms with Gasteiger partial charge in [-0.25, -0.2) is 9.78 Å². The van der Waals surface area contributed by atoms with E-state index < -0.39 is 5.97 Å². The van der Waals surface area contributed by atoms with Gasteiger partial charge in [-0.1, -0.05) is 19.1 Å². The number of nitrogens with zero attached hydrogens (tertiary/aromatic N) is 1. The number of hydrogen-bond acceptors (Lipinski definition) is 3. The highest BCUT2D eigenvalue weighted by Gasteiger charge is 2.11. The fourth-order valence-corrected chi connectivity index (χ4v) is 1.62. The van der Waals surface area contributed by atoms with Crippen molar-refractivity contribution in [1.29, 1.82) is 0 Å². The highest BCUT2D eigenvalue weighted by atomic mass is 16.4. The van der Waals surface area contributed by atoms with E-state index in [-0.39, 0.29) is 0 Å². The Bertz CT molecular complexity index is 558. The van der Waals surface area contributed by atoms with Crippen molar-refractivity contribution in [3.8, 4) is 11.3 Å². The number of carbonyl (C=O) groups is 1. The number of carboxylic acid groups (broad SMARTS) is 1. The molecule has 0 saturated carbocycles. The molecule has 0 bridgehead atoms. The first kappa shape index (κ1) is 11.4. The molecule has 0 aliphatic carbocycles. The summed E-state index contributed by atoms with van der Waals surface area (Å²) in [6.45, 7) is 3.72. The number of aromatic carboxylic acids is 1. The molecule has 17 heavy (non-hydrogen) atoms. The van der Waals surface area contributed by atoms with Gasteiger partial charge in [0.15, 0.2) is 5.89 Å². The summed E-state index contributed by atoms with van der Waals surface area (Å²) in [7, 11) is 0. The van der Waals surface area contributed by atoms with Crippen molar-refractivity contribution in [3.63, 3.8) is 0 Å². The molecule has 4 heteroatoms. The largest absolute Gasteiger partial charge is 0.478 e. The van der Waals surface area contributed by atoms with Crippen LogP contribution in [0.1, 0.15) is 28.7 Å². The number of aryl methyl sites for hydroxylation is 2. The molecule has 0 spiro atoms. The third-order valence-corrected chi connectivity index (χ3v) is 2.62. The van der Waals surface area contributed by atoms with Gasteiger partial charge in [0.1, 0.15) is 12.0 Å². The van der Waals surface area contributed by atoms with Gasteiger partial charge in [-0.05, 0) is 18.6 Å². The van der Waals surface area contributed by atoms with Gasteiger partial charge in [0.05, 0.1) is 5.56 Å². The maximum absolute atomic E-state index is 11.0. The van der Waals surface area contributed by atoms with Crippen LogP contribution in [0.3, 0.4) is 0 Å². The van der Waals surface area contributed by atoms with Crippen LogP contribution >= 0.6 is 0 Å². The Labute approximate surface area is 98.9 Å². The van der Waals surface area contributed by atoms with Crippen LogP contribution in [0, 0.1) is 6.92 Å². The second kappa shape index (κ2) is 4.41. The Balaban J connectivity index is 2.46. The normalized spacial score (nSPS) is 10.5. The second-order valence-electron chi connectivity index (χ2n) is 3.81. The van der Waals surface area contributed by atoms with Crippen molar-refractivity contribution in [2.24, 2.45) is 0 Å². The van der Waals surface area contributed by atoms with E-state index in [2.05, 4.69) is 4.98 Å². The van der Waals surface area contributed by atoms with Crippen LogP contribution in [0.25, 0.3) is 11.3 Å². The molecule has 1 heterocycles. The average molecular weight is 231 g/mol. The smallest absolute Gasteiger partial charge is 0.335 e. The topological polar surface area (TPSA) is 63.3 Å². The highest BCUT2D eigenvalue weighted by Crippen LogP contribution is 2.22. The van der Waals surface area contributed by atoms with Crippen LogP contribution in [0.2, 0.25) is 0 Å². The van der Waals surface area contributed by atoms with E-state index >= 15 is 0 Å². The molecule has 2 rings (SSSR count). The maximum atomic E-state index is 11.0. The zero-order chi connectivity index (χ0) is 12.4. The van der Waals surface area contributed by atoms with E-state index in [1.165, 1.54) is 0 Å². The van der Waals surface area contributed by atoms with Crippen LogP contribution in [-0.2, 0) is 6.42 Å². The predicted molar refractivity (Wildman–Crippen MR) is 63.0 cm³/mol. The molecule has 0 saturated heterocycles. The molecule has 0 aliphatic rings. The number of benzene rings is 1. The molecule has 1 N–H and O–H groups in total. The predicted octanol–water partition coefficient (Wildman–Crippen LogP) is 2.91. The van der Waals surface area contributed by atoms with Crippen LogP contribution in [0.5, 0.6) is 0 Å². The second-order valence-corrected chi connectivity index (χ2v) is 3.81. The summed E-state index contributed by atoms with van der Waals surface area (Å²) >= 11 is 0. The van der Waals surface area contributed by atoms with E-state index in [1.54, 1.807) is 25.3 Å². The number of rotatable bonds is 3. The van der Waals surface area contributed by atoms with Gasteiger partial charge < -0.3 is 9.52 Å². The van der Waals surface area contributed by atoms with Gasteiger partial charge in [0.25, 0.3) is 0 Å². The van der Waals surface area contributed by atoms with Crippen molar-refractivity contribution in [2.45, 2.75) is 20.3 Å². The molecule has 88 valence electrons. The van der Waals surface area contributed by atoms with Gasteiger partial charge >= 0.3 is 5.97 Å². The van der Waals surface area contributed by atoms with E-state index in [1.807, 2.05) is 13.0 Å². The molecule has 0 radical (unpaired) electrons. The Morgan fingerprint density at radius 1 is 1.47 bits per heavy atom. The Morgan fingerprint density at radius 3 is 2.82 bits per heavy atom. The molecule has 2 aromatic rings. The van der Waals surface area contributed by atoms with Gasteiger partial charge in [0, 0.05) is 12.0 Å². The summed E-state index contributed by atoms with van der Waals surface area (Å²) in [4.78, 5) is 15.3. The van der Waals surface area contributed by atoms with Gasteiger partial charge in [-0.2, -0.15) is 0 Å². The molecule has 1 aromatic heterocycles. The van der Waals surface area contributed by atoms with Gasteiger partial charge in [-0.15, -0.1) is 0 Å². The fourth-order valence-electron chi connectivity index (χ4n) is 1.62. The van der Waals surface area contributed by atoms with Crippen molar-refractivity contribution in [3.05, 3.63) is 41.5 Å². The van der Waals surface area contributed by atoms with Gasteiger partial charge in [-0.3, -0.25) is 0 Å². The Kier molecular flexibility index (Phi) is 2.95. The number of aromatic nitrogens is 1. The Morgan fingerprint density at radius 2 is 2.24 bits per heavy atom. The lowest BCUT2D eigenvalue weighted by Gasteiger charge is -2.02. The van der Waals surface area contributed by atoms with E-state index in [4.69, 9.17) is 9.52 Å². The molecule has 4 nitrogen and oxygen atoms in total. The monoisotopic (exact) mass is 231 g/mol. The van der Waals surface area contributed by atoms with Crippen LogP contribution in [0.4, 0.5) is 0 Å². The van der Waals surface area contributed by atoms with Crippen LogP contribution < -0.4 is 0 Å². The summed E-state index contributed by atoms with van der Waals surface area (Å²) in [6, 6.07) is 5.24. The first-order valence-electron chi connectivity index (χ1n) is 5.40. The molecule has 1 aromatic carbocycles.